The first kappa shape index (κ1) is 13.7. The van der Waals surface area contributed by atoms with E-state index in [4.69, 9.17) is 0 Å². The molecule has 1 amide bonds. The van der Waals surface area contributed by atoms with E-state index in [0.717, 1.165) is 5.69 Å². The van der Waals surface area contributed by atoms with Crippen LogP contribution in [-0.2, 0) is 11.3 Å². The number of aromatic amines is 1. The van der Waals surface area contributed by atoms with Crippen LogP contribution in [0.4, 0.5) is 5.82 Å². The van der Waals surface area contributed by atoms with Crippen molar-refractivity contribution >= 4 is 11.7 Å². The highest BCUT2D eigenvalue weighted by Crippen LogP contribution is 2.04. The fourth-order valence-corrected chi connectivity index (χ4v) is 1.66. The first-order valence-electron chi connectivity index (χ1n) is 6.08. The third-order valence-corrected chi connectivity index (χ3v) is 2.63. The topological polar surface area (TPSA) is 96.9 Å². The zero-order valence-electron chi connectivity index (χ0n) is 10.9. The van der Waals surface area contributed by atoms with Gasteiger partial charge in [0.25, 0.3) is 5.56 Å². The number of nitrogens with zero attached hydrogens (tertiary/aromatic N) is 2. The van der Waals surface area contributed by atoms with Crippen LogP contribution in [0.15, 0.2) is 40.1 Å². The van der Waals surface area contributed by atoms with E-state index in [9.17, 15) is 14.4 Å². The molecule has 0 atom stereocenters. The lowest BCUT2D eigenvalue weighted by Gasteiger charge is -2.06. The van der Waals surface area contributed by atoms with Crippen molar-refractivity contribution in [1.82, 2.24) is 14.5 Å². The monoisotopic (exact) mass is 274 g/mol. The number of hydrogen-bond donors (Lipinski definition) is 2. The number of carbonyl (C=O) groups is 1. The Labute approximate surface area is 114 Å². The second-order valence-corrected chi connectivity index (χ2v) is 4.27. The molecular formula is C13H14N4O3. The van der Waals surface area contributed by atoms with Crippen molar-refractivity contribution in [3.8, 4) is 0 Å². The molecule has 7 heteroatoms. The van der Waals surface area contributed by atoms with Gasteiger partial charge in [0.15, 0.2) is 0 Å². The molecular weight excluding hydrogens is 260 g/mol. The van der Waals surface area contributed by atoms with Gasteiger partial charge in [-0.15, -0.1) is 0 Å². The van der Waals surface area contributed by atoms with E-state index in [2.05, 4.69) is 15.3 Å². The highest BCUT2D eigenvalue weighted by atomic mass is 16.2. The van der Waals surface area contributed by atoms with E-state index in [-0.39, 0.29) is 18.9 Å². The van der Waals surface area contributed by atoms with Gasteiger partial charge in [0.05, 0.1) is 0 Å². The molecule has 0 fully saturated rings. The summed E-state index contributed by atoms with van der Waals surface area (Å²) in [6.45, 7) is 2.02. The predicted molar refractivity (Wildman–Crippen MR) is 73.5 cm³/mol. The van der Waals surface area contributed by atoms with Gasteiger partial charge in [-0.2, -0.15) is 0 Å². The Balaban J connectivity index is 1.95. The number of nitrogens with one attached hydrogen (secondary N) is 2. The third kappa shape index (κ3) is 3.64. The van der Waals surface area contributed by atoms with Crippen LogP contribution in [0.25, 0.3) is 0 Å². The zero-order valence-corrected chi connectivity index (χ0v) is 10.9. The van der Waals surface area contributed by atoms with Crippen LogP contribution < -0.4 is 16.6 Å². The molecule has 0 radical (unpaired) electrons. The Morgan fingerprint density at radius 3 is 2.85 bits per heavy atom. The summed E-state index contributed by atoms with van der Waals surface area (Å²) in [6, 6.07) is 6.55. The first-order valence-corrected chi connectivity index (χ1v) is 6.08. The Kier molecular flexibility index (Phi) is 4.09. The lowest BCUT2D eigenvalue weighted by atomic mass is 10.3. The molecule has 20 heavy (non-hydrogen) atoms. The van der Waals surface area contributed by atoms with Gasteiger partial charge >= 0.3 is 5.69 Å². The maximum Gasteiger partial charge on any atom is 0.328 e. The number of aromatic nitrogens is 3. The van der Waals surface area contributed by atoms with Gasteiger partial charge in [-0.3, -0.25) is 14.6 Å². The van der Waals surface area contributed by atoms with Crippen LogP contribution in [0.2, 0.25) is 0 Å². The SMILES string of the molecule is Cc1cccc(NC(=O)CCn2ccc(=O)[nH]c2=O)n1. The molecule has 0 spiro atoms. The Morgan fingerprint density at radius 2 is 2.15 bits per heavy atom. The van der Waals surface area contributed by atoms with Gasteiger partial charge in [0.2, 0.25) is 5.91 Å². The van der Waals surface area contributed by atoms with Crippen molar-refractivity contribution in [2.24, 2.45) is 0 Å². The Morgan fingerprint density at radius 1 is 1.35 bits per heavy atom. The summed E-state index contributed by atoms with van der Waals surface area (Å²) in [5.74, 6) is 0.227. The maximum absolute atomic E-state index is 11.7. The number of rotatable bonds is 4. The molecule has 0 aliphatic rings. The standard InChI is InChI=1S/C13H14N4O3/c1-9-3-2-4-10(14-9)15-11(18)5-7-17-8-6-12(19)16-13(17)20/h2-4,6,8H,5,7H2,1H3,(H,14,15,18)(H,16,19,20). The zero-order chi connectivity index (χ0) is 14.5. The van der Waals surface area contributed by atoms with E-state index in [1.54, 1.807) is 12.1 Å². The van der Waals surface area contributed by atoms with E-state index in [1.807, 2.05) is 13.0 Å². The molecule has 104 valence electrons. The molecule has 2 N–H and O–H groups in total. The van der Waals surface area contributed by atoms with Gasteiger partial charge in [-0.25, -0.2) is 9.78 Å². The number of hydrogen-bond acceptors (Lipinski definition) is 4. The average molecular weight is 274 g/mol. The lowest BCUT2D eigenvalue weighted by Crippen LogP contribution is -2.29. The number of aryl methyl sites for hydroxylation is 2. The minimum absolute atomic E-state index is 0.113. The summed E-state index contributed by atoms with van der Waals surface area (Å²) in [4.78, 5) is 40.3. The highest BCUT2D eigenvalue weighted by molar-refractivity contribution is 5.89. The predicted octanol–water partition coefficient (Wildman–Crippen LogP) is 0.269. The quantitative estimate of drug-likeness (QED) is 0.836. The molecule has 0 saturated carbocycles. The molecule has 2 aromatic heterocycles. The fraction of sp³-hybridized carbons (Fsp3) is 0.231. The molecule has 7 nitrogen and oxygen atoms in total. The highest BCUT2D eigenvalue weighted by Gasteiger charge is 2.05. The normalized spacial score (nSPS) is 10.2. The Bertz CT molecular complexity index is 733. The smallest absolute Gasteiger partial charge is 0.311 e. The van der Waals surface area contributed by atoms with Crippen LogP contribution in [0.1, 0.15) is 12.1 Å². The Hall–Kier alpha value is -2.70. The van der Waals surface area contributed by atoms with Crippen molar-refractivity contribution < 1.29 is 4.79 Å². The van der Waals surface area contributed by atoms with Gasteiger partial charge in [0, 0.05) is 30.9 Å². The van der Waals surface area contributed by atoms with Crippen LogP contribution in [-0.4, -0.2) is 20.4 Å². The number of H-pyrrole nitrogens is 1. The number of pyridine rings is 1. The number of anilines is 1. The minimum Gasteiger partial charge on any atom is -0.311 e. The molecule has 0 aliphatic carbocycles. The van der Waals surface area contributed by atoms with Crippen molar-refractivity contribution in [2.45, 2.75) is 19.9 Å². The van der Waals surface area contributed by atoms with Crippen molar-refractivity contribution in [3.05, 3.63) is 57.0 Å². The van der Waals surface area contributed by atoms with E-state index >= 15 is 0 Å². The molecule has 0 saturated heterocycles. The molecule has 0 aliphatic heterocycles. The average Bonchev–Trinajstić information content (AvgIpc) is 2.37. The van der Waals surface area contributed by atoms with Crippen LogP contribution in [0.5, 0.6) is 0 Å². The maximum atomic E-state index is 11.7. The van der Waals surface area contributed by atoms with Crippen LogP contribution in [0, 0.1) is 6.92 Å². The first-order chi connectivity index (χ1) is 9.54. The summed E-state index contributed by atoms with van der Waals surface area (Å²) >= 11 is 0. The summed E-state index contributed by atoms with van der Waals surface area (Å²) in [6.07, 6.45) is 1.47. The van der Waals surface area contributed by atoms with Gasteiger partial charge in [-0.1, -0.05) is 6.07 Å². The third-order valence-electron chi connectivity index (χ3n) is 2.63. The lowest BCUT2D eigenvalue weighted by molar-refractivity contribution is -0.116. The summed E-state index contributed by atoms with van der Waals surface area (Å²) < 4.78 is 1.27. The van der Waals surface area contributed by atoms with Crippen molar-refractivity contribution in [2.75, 3.05) is 5.32 Å². The molecule has 0 aromatic carbocycles. The summed E-state index contributed by atoms with van der Waals surface area (Å²) in [5, 5.41) is 2.65. The largest absolute Gasteiger partial charge is 0.328 e. The number of amides is 1. The van der Waals surface area contributed by atoms with Gasteiger partial charge < -0.3 is 9.88 Å². The van der Waals surface area contributed by atoms with Crippen LogP contribution >= 0.6 is 0 Å². The fourth-order valence-electron chi connectivity index (χ4n) is 1.66. The second-order valence-electron chi connectivity index (χ2n) is 4.27. The molecule has 2 aromatic rings. The number of carbonyl (C=O) groups excluding carboxylic acids is 1. The second kappa shape index (κ2) is 5.96. The van der Waals surface area contributed by atoms with Crippen molar-refractivity contribution in [3.63, 3.8) is 0 Å². The van der Waals surface area contributed by atoms with E-state index < -0.39 is 11.2 Å². The van der Waals surface area contributed by atoms with Gasteiger partial charge in [0.1, 0.15) is 5.82 Å². The van der Waals surface area contributed by atoms with Crippen molar-refractivity contribution in [1.29, 1.82) is 0 Å². The molecule has 0 bridgehead atoms. The van der Waals surface area contributed by atoms with E-state index in [1.165, 1.54) is 16.8 Å². The summed E-state index contributed by atoms with van der Waals surface area (Å²) in [5.41, 5.74) is -0.182. The van der Waals surface area contributed by atoms with Gasteiger partial charge in [-0.05, 0) is 19.1 Å². The van der Waals surface area contributed by atoms with E-state index in [0.29, 0.717) is 5.82 Å². The van der Waals surface area contributed by atoms with Crippen LogP contribution in [0.3, 0.4) is 0 Å². The minimum atomic E-state index is -0.529. The molecule has 2 heterocycles. The molecule has 0 unspecified atom stereocenters. The summed E-state index contributed by atoms with van der Waals surface area (Å²) in [7, 11) is 0. The molecule has 2 rings (SSSR count).